The third kappa shape index (κ3) is 5.52. The molecular weight excluding hydrogens is 438 g/mol. The van der Waals surface area contributed by atoms with Gasteiger partial charge in [0.05, 0.1) is 17.0 Å². The lowest BCUT2D eigenvalue weighted by Gasteiger charge is -2.19. The normalized spacial score (nSPS) is 11.9. The largest absolute Gasteiger partial charge is 0.396 e. The zero-order chi connectivity index (χ0) is 23.9. The fourth-order valence-electron chi connectivity index (χ4n) is 3.80. The van der Waals surface area contributed by atoms with Gasteiger partial charge in [0, 0.05) is 42.1 Å². The Morgan fingerprint density at radius 3 is 2.62 bits per heavy atom. The van der Waals surface area contributed by atoms with Crippen LogP contribution in [-0.2, 0) is 6.42 Å². The van der Waals surface area contributed by atoms with Crippen LogP contribution in [0.4, 0.5) is 8.78 Å². The minimum absolute atomic E-state index is 0.000110. The van der Waals surface area contributed by atoms with E-state index in [9.17, 15) is 18.7 Å². The standard InChI is InChI=1S/C26H24F2N4O2/c27-18-11-9-17(10-12-18)23-16-24(32-31-23)25-21(7-3-8-22(25)28)26(34)30-20(6-4-14-33)15-19-5-1-2-13-29-19/h1-3,5,7-13,16,20,33H,4,6,14-15H2,(H,30,34)(H,31,32)/t20-/m0/s1. The molecule has 2 heterocycles. The maximum atomic E-state index is 14.9. The van der Waals surface area contributed by atoms with Gasteiger partial charge in [-0.3, -0.25) is 14.9 Å². The number of pyridine rings is 1. The van der Waals surface area contributed by atoms with Crippen molar-refractivity contribution in [1.29, 1.82) is 0 Å². The van der Waals surface area contributed by atoms with E-state index in [4.69, 9.17) is 0 Å². The molecular formula is C26H24F2N4O2. The van der Waals surface area contributed by atoms with Crippen molar-refractivity contribution in [3.8, 4) is 22.5 Å². The second-order valence-electron chi connectivity index (χ2n) is 7.90. The van der Waals surface area contributed by atoms with Crippen molar-refractivity contribution in [3.05, 3.63) is 95.8 Å². The number of amides is 1. The first-order valence-corrected chi connectivity index (χ1v) is 11.0. The van der Waals surface area contributed by atoms with Crippen molar-refractivity contribution in [2.75, 3.05) is 6.61 Å². The molecule has 3 N–H and O–H groups in total. The number of aromatic nitrogens is 3. The summed E-state index contributed by atoms with van der Waals surface area (Å²) in [7, 11) is 0. The molecule has 0 fully saturated rings. The molecule has 0 saturated carbocycles. The van der Waals surface area contributed by atoms with Crippen molar-refractivity contribution >= 4 is 5.91 Å². The number of aliphatic hydroxyl groups excluding tert-OH is 1. The van der Waals surface area contributed by atoms with E-state index in [1.54, 1.807) is 30.5 Å². The number of benzene rings is 2. The lowest BCUT2D eigenvalue weighted by Crippen LogP contribution is -2.37. The van der Waals surface area contributed by atoms with Crippen LogP contribution in [-0.4, -0.2) is 38.8 Å². The molecule has 0 unspecified atom stereocenters. The van der Waals surface area contributed by atoms with Gasteiger partial charge in [0.25, 0.3) is 5.91 Å². The molecule has 1 amide bonds. The number of rotatable bonds is 9. The number of H-pyrrole nitrogens is 1. The summed E-state index contributed by atoms with van der Waals surface area (Å²) in [5.41, 5.74) is 2.55. The highest BCUT2D eigenvalue weighted by Gasteiger charge is 2.22. The van der Waals surface area contributed by atoms with Crippen molar-refractivity contribution in [3.63, 3.8) is 0 Å². The van der Waals surface area contributed by atoms with Gasteiger partial charge in [0.1, 0.15) is 11.6 Å². The average Bonchev–Trinajstić information content (AvgIpc) is 3.33. The summed E-state index contributed by atoms with van der Waals surface area (Å²) < 4.78 is 28.2. The molecule has 34 heavy (non-hydrogen) atoms. The predicted molar refractivity (Wildman–Crippen MR) is 125 cm³/mol. The maximum Gasteiger partial charge on any atom is 0.252 e. The maximum absolute atomic E-state index is 14.9. The zero-order valence-corrected chi connectivity index (χ0v) is 18.3. The number of aliphatic hydroxyl groups is 1. The second-order valence-corrected chi connectivity index (χ2v) is 7.90. The molecule has 2 aromatic heterocycles. The van der Waals surface area contributed by atoms with Crippen LogP contribution in [0.5, 0.6) is 0 Å². The number of halogens is 2. The number of hydrogen-bond donors (Lipinski definition) is 3. The fourth-order valence-corrected chi connectivity index (χ4v) is 3.80. The van der Waals surface area contributed by atoms with E-state index in [1.807, 2.05) is 18.2 Å². The molecule has 0 aliphatic carbocycles. The van der Waals surface area contributed by atoms with E-state index in [0.717, 1.165) is 5.69 Å². The molecule has 0 saturated heterocycles. The van der Waals surface area contributed by atoms with Gasteiger partial charge in [-0.05, 0) is 67.4 Å². The smallest absolute Gasteiger partial charge is 0.252 e. The van der Waals surface area contributed by atoms with Crippen LogP contribution in [0.1, 0.15) is 28.9 Å². The molecule has 0 radical (unpaired) electrons. The molecule has 2 aromatic carbocycles. The Labute approximate surface area is 195 Å². The molecule has 174 valence electrons. The van der Waals surface area contributed by atoms with Crippen LogP contribution in [0, 0.1) is 11.6 Å². The molecule has 0 aliphatic rings. The topological polar surface area (TPSA) is 90.9 Å². The molecule has 0 aliphatic heterocycles. The highest BCUT2D eigenvalue weighted by atomic mass is 19.1. The van der Waals surface area contributed by atoms with Crippen molar-refractivity contribution in [2.45, 2.75) is 25.3 Å². The minimum Gasteiger partial charge on any atom is -0.396 e. The highest BCUT2D eigenvalue weighted by Crippen LogP contribution is 2.29. The van der Waals surface area contributed by atoms with Gasteiger partial charge in [-0.2, -0.15) is 5.10 Å². The Hall–Kier alpha value is -3.91. The summed E-state index contributed by atoms with van der Waals surface area (Å²) in [4.78, 5) is 17.5. The van der Waals surface area contributed by atoms with Gasteiger partial charge in [-0.25, -0.2) is 8.78 Å². The van der Waals surface area contributed by atoms with Crippen LogP contribution in [0.25, 0.3) is 22.5 Å². The molecule has 1 atom stereocenters. The van der Waals surface area contributed by atoms with E-state index < -0.39 is 11.7 Å². The molecule has 8 heteroatoms. The Morgan fingerprint density at radius 2 is 1.88 bits per heavy atom. The van der Waals surface area contributed by atoms with Gasteiger partial charge in [0.2, 0.25) is 0 Å². The average molecular weight is 463 g/mol. The first-order valence-electron chi connectivity index (χ1n) is 11.0. The van der Waals surface area contributed by atoms with Crippen LogP contribution >= 0.6 is 0 Å². The minimum atomic E-state index is -0.571. The van der Waals surface area contributed by atoms with Gasteiger partial charge >= 0.3 is 0 Å². The van der Waals surface area contributed by atoms with Gasteiger partial charge in [-0.1, -0.05) is 12.1 Å². The summed E-state index contributed by atoms with van der Waals surface area (Å²) in [6, 6.07) is 17.0. The summed E-state index contributed by atoms with van der Waals surface area (Å²) in [6.45, 7) is 0.000110. The van der Waals surface area contributed by atoms with Gasteiger partial charge in [-0.15, -0.1) is 0 Å². The number of nitrogens with one attached hydrogen (secondary N) is 2. The molecule has 6 nitrogen and oxygen atoms in total. The van der Waals surface area contributed by atoms with E-state index in [2.05, 4.69) is 20.5 Å². The summed E-state index contributed by atoms with van der Waals surface area (Å²) in [5.74, 6) is -1.38. The van der Waals surface area contributed by atoms with Crippen molar-refractivity contribution in [2.24, 2.45) is 0 Å². The van der Waals surface area contributed by atoms with E-state index in [1.165, 1.54) is 24.3 Å². The Bertz CT molecular complexity index is 1240. The fraction of sp³-hybridized carbons (Fsp3) is 0.192. The van der Waals surface area contributed by atoms with Gasteiger partial charge < -0.3 is 10.4 Å². The van der Waals surface area contributed by atoms with Crippen LogP contribution in [0.3, 0.4) is 0 Å². The first-order chi connectivity index (χ1) is 16.5. The van der Waals surface area contributed by atoms with Crippen LogP contribution in [0.2, 0.25) is 0 Å². The number of nitrogens with zero attached hydrogens (tertiary/aromatic N) is 2. The summed E-state index contributed by atoms with van der Waals surface area (Å²) >= 11 is 0. The van der Waals surface area contributed by atoms with E-state index >= 15 is 0 Å². The van der Waals surface area contributed by atoms with Crippen molar-refractivity contribution in [1.82, 2.24) is 20.5 Å². The Balaban J connectivity index is 1.60. The van der Waals surface area contributed by atoms with Crippen LogP contribution in [0.15, 0.2) is 72.9 Å². The number of hydrogen-bond acceptors (Lipinski definition) is 4. The number of aromatic amines is 1. The number of carbonyl (C=O) groups excluding carboxylic acids is 1. The number of carbonyl (C=O) groups is 1. The van der Waals surface area contributed by atoms with Crippen molar-refractivity contribution < 1.29 is 18.7 Å². The molecule has 4 rings (SSSR count). The van der Waals surface area contributed by atoms with Crippen LogP contribution < -0.4 is 5.32 Å². The van der Waals surface area contributed by atoms with E-state index in [-0.39, 0.29) is 29.6 Å². The second kappa shape index (κ2) is 10.8. The molecule has 4 aromatic rings. The quantitative estimate of drug-likeness (QED) is 0.341. The third-order valence-corrected chi connectivity index (χ3v) is 5.47. The van der Waals surface area contributed by atoms with Gasteiger partial charge in [0.15, 0.2) is 0 Å². The lowest BCUT2D eigenvalue weighted by molar-refractivity contribution is 0.0932. The Morgan fingerprint density at radius 1 is 1.06 bits per heavy atom. The SMILES string of the molecule is O=C(N[C@@H](CCCO)Cc1ccccn1)c1cccc(F)c1-c1cc(-c2ccc(F)cc2)n[nH]1. The molecule has 0 spiro atoms. The lowest BCUT2D eigenvalue weighted by atomic mass is 10.00. The third-order valence-electron chi connectivity index (χ3n) is 5.47. The highest BCUT2D eigenvalue weighted by molar-refractivity contribution is 6.01. The van der Waals surface area contributed by atoms with E-state index in [0.29, 0.717) is 36.2 Å². The Kier molecular flexibility index (Phi) is 7.39. The summed E-state index contributed by atoms with van der Waals surface area (Å²) in [5, 5.41) is 19.2. The zero-order valence-electron chi connectivity index (χ0n) is 18.3. The molecule has 0 bridgehead atoms. The first kappa shape index (κ1) is 23.3. The monoisotopic (exact) mass is 462 g/mol. The predicted octanol–water partition coefficient (Wildman–Crippen LogP) is 4.53. The summed E-state index contributed by atoms with van der Waals surface area (Å²) in [6.07, 6.45) is 3.22.